The Balaban J connectivity index is 2.82. The van der Waals surface area contributed by atoms with Crippen molar-refractivity contribution in [3.8, 4) is 0 Å². The normalized spacial score (nSPS) is 29.3. The number of nitrogens with one attached hydrogen (secondary N) is 1. The second-order valence-corrected chi connectivity index (χ2v) is 7.94. The standard InChI is InChI=1S/C15H31NO/c1-13(2,3)10-12(16-8)11-9-14(4,5)17-15(11,6)7/h11-12,16H,9-10H2,1-8H3. The van der Waals surface area contributed by atoms with Crippen LogP contribution < -0.4 is 5.32 Å². The van der Waals surface area contributed by atoms with E-state index in [1.54, 1.807) is 0 Å². The smallest absolute Gasteiger partial charge is 0.0677 e. The van der Waals surface area contributed by atoms with E-state index in [0.29, 0.717) is 17.4 Å². The first-order chi connectivity index (χ1) is 7.47. The summed E-state index contributed by atoms with van der Waals surface area (Å²) in [4.78, 5) is 0. The van der Waals surface area contributed by atoms with Crippen LogP contribution in [0.15, 0.2) is 0 Å². The van der Waals surface area contributed by atoms with Crippen LogP contribution in [0.4, 0.5) is 0 Å². The Morgan fingerprint density at radius 2 is 1.76 bits per heavy atom. The third-order valence-electron chi connectivity index (χ3n) is 3.83. The molecule has 1 heterocycles. The lowest BCUT2D eigenvalue weighted by Crippen LogP contribution is -2.44. The van der Waals surface area contributed by atoms with Gasteiger partial charge in [0.25, 0.3) is 0 Å². The van der Waals surface area contributed by atoms with Gasteiger partial charge in [-0.15, -0.1) is 0 Å². The molecule has 1 saturated heterocycles. The molecule has 1 aliphatic heterocycles. The van der Waals surface area contributed by atoms with Gasteiger partial charge < -0.3 is 10.1 Å². The third kappa shape index (κ3) is 3.96. The molecule has 1 rings (SSSR count). The zero-order chi connectivity index (χ0) is 13.5. The van der Waals surface area contributed by atoms with Crippen LogP contribution in [0.3, 0.4) is 0 Å². The lowest BCUT2D eigenvalue weighted by molar-refractivity contribution is -0.0784. The first-order valence-corrected chi connectivity index (χ1v) is 6.84. The van der Waals surface area contributed by atoms with Gasteiger partial charge in [-0.05, 0) is 53.0 Å². The summed E-state index contributed by atoms with van der Waals surface area (Å²) in [5.41, 5.74) is 0.347. The zero-order valence-electron chi connectivity index (χ0n) is 13.0. The fraction of sp³-hybridized carbons (Fsp3) is 1.00. The second kappa shape index (κ2) is 4.55. The molecule has 2 nitrogen and oxygen atoms in total. The van der Waals surface area contributed by atoms with Crippen LogP contribution in [0.1, 0.15) is 61.3 Å². The zero-order valence-corrected chi connectivity index (χ0v) is 13.0. The van der Waals surface area contributed by atoms with Crippen molar-refractivity contribution >= 4 is 0 Å². The number of rotatable bonds is 3. The average molecular weight is 241 g/mol. The molecule has 102 valence electrons. The summed E-state index contributed by atoms with van der Waals surface area (Å²) in [6, 6.07) is 0.534. The summed E-state index contributed by atoms with van der Waals surface area (Å²) >= 11 is 0. The minimum atomic E-state index is -0.0254. The van der Waals surface area contributed by atoms with Crippen molar-refractivity contribution in [1.29, 1.82) is 0 Å². The molecule has 1 aliphatic rings. The largest absolute Gasteiger partial charge is 0.369 e. The highest BCUT2D eigenvalue weighted by molar-refractivity contribution is 5.00. The monoisotopic (exact) mass is 241 g/mol. The number of hydrogen-bond acceptors (Lipinski definition) is 2. The van der Waals surface area contributed by atoms with Crippen molar-refractivity contribution in [2.45, 2.75) is 78.6 Å². The van der Waals surface area contributed by atoms with E-state index in [9.17, 15) is 0 Å². The maximum atomic E-state index is 6.21. The van der Waals surface area contributed by atoms with Crippen molar-refractivity contribution in [2.24, 2.45) is 11.3 Å². The van der Waals surface area contributed by atoms with Gasteiger partial charge in [-0.2, -0.15) is 0 Å². The molecular weight excluding hydrogens is 210 g/mol. The minimum Gasteiger partial charge on any atom is -0.369 e. The quantitative estimate of drug-likeness (QED) is 0.815. The maximum Gasteiger partial charge on any atom is 0.0677 e. The lowest BCUT2D eigenvalue weighted by atomic mass is 9.75. The van der Waals surface area contributed by atoms with E-state index in [1.807, 2.05) is 0 Å². The predicted molar refractivity (Wildman–Crippen MR) is 74.3 cm³/mol. The molecule has 2 heteroatoms. The molecule has 17 heavy (non-hydrogen) atoms. The Morgan fingerprint density at radius 3 is 2.06 bits per heavy atom. The van der Waals surface area contributed by atoms with Crippen LogP contribution in [0.25, 0.3) is 0 Å². The molecule has 0 aliphatic carbocycles. The van der Waals surface area contributed by atoms with Gasteiger partial charge in [0.1, 0.15) is 0 Å². The Labute approximate surface area is 108 Å². The van der Waals surface area contributed by atoms with E-state index in [1.165, 1.54) is 6.42 Å². The van der Waals surface area contributed by atoms with Crippen molar-refractivity contribution in [3.05, 3.63) is 0 Å². The van der Waals surface area contributed by atoms with Crippen molar-refractivity contribution in [3.63, 3.8) is 0 Å². The van der Waals surface area contributed by atoms with Crippen LogP contribution in [-0.4, -0.2) is 24.3 Å². The van der Waals surface area contributed by atoms with Crippen LogP contribution in [0, 0.1) is 11.3 Å². The van der Waals surface area contributed by atoms with Crippen LogP contribution in [-0.2, 0) is 4.74 Å². The van der Waals surface area contributed by atoms with E-state index < -0.39 is 0 Å². The molecule has 0 bridgehead atoms. The SMILES string of the molecule is CNC(CC(C)(C)C)C1CC(C)(C)OC1(C)C. The Morgan fingerprint density at radius 1 is 1.24 bits per heavy atom. The van der Waals surface area contributed by atoms with E-state index in [0.717, 1.165) is 6.42 Å². The fourth-order valence-corrected chi connectivity index (χ4v) is 3.34. The number of ether oxygens (including phenoxy) is 1. The first-order valence-electron chi connectivity index (χ1n) is 6.84. The van der Waals surface area contributed by atoms with Crippen molar-refractivity contribution < 1.29 is 4.74 Å². The summed E-state index contributed by atoms with van der Waals surface area (Å²) < 4.78 is 6.21. The molecule has 0 aromatic heterocycles. The molecule has 0 radical (unpaired) electrons. The highest BCUT2D eigenvalue weighted by atomic mass is 16.5. The molecule has 1 N–H and O–H groups in total. The van der Waals surface area contributed by atoms with Crippen LogP contribution in [0.5, 0.6) is 0 Å². The van der Waals surface area contributed by atoms with E-state index >= 15 is 0 Å². The molecule has 2 atom stereocenters. The fourth-order valence-electron chi connectivity index (χ4n) is 3.34. The van der Waals surface area contributed by atoms with Crippen molar-refractivity contribution in [2.75, 3.05) is 7.05 Å². The maximum absolute atomic E-state index is 6.21. The van der Waals surface area contributed by atoms with Gasteiger partial charge in [0.2, 0.25) is 0 Å². The number of hydrogen-bond donors (Lipinski definition) is 1. The van der Waals surface area contributed by atoms with Gasteiger partial charge in [-0.25, -0.2) is 0 Å². The average Bonchev–Trinajstić information content (AvgIpc) is 2.28. The summed E-state index contributed by atoms with van der Waals surface area (Å²) in [7, 11) is 2.08. The minimum absolute atomic E-state index is 0.0150. The van der Waals surface area contributed by atoms with Gasteiger partial charge in [-0.3, -0.25) is 0 Å². The van der Waals surface area contributed by atoms with Crippen LogP contribution >= 0.6 is 0 Å². The predicted octanol–water partition coefficient (Wildman–Crippen LogP) is 3.60. The molecule has 0 spiro atoms. The van der Waals surface area contributed by atoms with Gasteiger partial charge in [0.15, 0.2) is 0 Å². The first kappa shape index (κ1) is 15.0. The molecule has 1 fully saturated rings. The van der Waals surface area contributed by atoms with Gasteiger partial charge >= 0.3 is 0 Å². The van der Waals surface area contributed by atoms with E-state index in [4.69, 9.17) is 4.74 Å². The molecule has 0 saturated carbocycles. The molecule has 0 aromatic rings. The summed E-state index contributed by atoms with van der Waals surface area (Å²) in [5.74, 6) is 0.585. The molecule has 0 amide bonds. The topological polar surface area (TPSA) is 21.3 Å². The van der Waals surface area contributed by atoms with Crippen molar-refractivity contribution in [1.82, 2.24) is 5.32 Å². The lowest BCUT2D eigenvalue weighted by Gasteiger charge is -2.36. The second-order valence-electron chi connectivity index (χ2n) is 7.94. The molecule has 0 aromatic carbocycles. The third-order valence-corrected chi connectivity index (χ3v) is 3.83. The highest BCUT2D eigenvalue weighted by Crippen LogP contribution is 2.45. The summed E-state index contributed by atoms with van der Waals surface area (Å²) in [6.45, 7) is 15.8. The van der Waals surface area contributed by atoms with Gasteiger partial charge in [0, 0.05) is 12.0 Å². The van der Waals surface area contributed by atoms with E-state index in [-0.39, 0.29) is 11.2 Å². The van der Waals surface area contributed by atoms with Gasteiger partial charge in [0.05, 0.1) is 11.2 Å². The Hall–Kier alpha value is -0.0800. The molecule has 2 unspecified atom stereocenters. The van der Waals surface area contributed by atoms with E-state index in [2.05, 4.69) is 60.8 Å². The van der Waals surface area contributed by atoms with Gasteiger partial charge in [-0.1, -0.05) is 20.8 Å². The van der Waals surface area contributed by atoms with Crippen LogP contribution in [0.2, 0.25) is 0 Å². The summed E-state index contributed by atoms with van der Waals surface area (Å²) in [6.07, 6.45) is 2.33. The molecular formula is C15H31NO. The highest BCUT2D eigenvalue weighted by Gasteiger charge is 2.49. The Bertz CT molecular complexity index is 263. The Kier molecular flexibility index (Phi) is 4.01. The summed E-state index contributed by atoms with van der Waals surface area (Å²) in [5, 5.41) is 3.51.